The van der Waals surface area contributed by atoms with Crippen LogP contribution in [0.1, 0.15) is 75.5 Å². The summed E-state index contributed by atoms with van der Waals surface area (Å²) in [5.41, 5.74) is 0. The summed E-state index contributed by atoms with van der Waals surface area (Å²) in [5.74, 6) is 3.22. The summed E-state index contributed by atoms with van der Waals surface area (Å²) >= 11 is 8.70. The maximum Gasteiger partial charge on any atom is 0.254 e. The lowest BCUT2D eigenvalue weighted by molar-refractivity contribution is -0.688. The van der Waals surface area contributed by atoms with Crippen molar-refractivity contribution in [2.24, 2.45) is 0 Å². The predicted molar refractivity (Wildman–Crippen MR) is 260 cm³/mol. The van der Waals surface area contributed by atoms with Gasteiger partial charge in [0.2, 0.25) is 34.7 Å². The molecule has 9 aromatic rings. The topological polar surface area (TPSA) is 129 Å². The highest BCUT2D eigenvalue weighted by molar-refractivity contribution is 7.13. The smallest absolute Gasteiger partial charge is 0.254 e. The van der Waals surface area contributed by atoms with E-state index in [-0.39, 0.29) is 107 Å². The van der Waals surface area contributed by atoms with Crippen LogP contribution in [0.3, 0.4) is 0 Å². The molecule has 0 fully saturated rings. The van der Waals surface area contributed by atoms with Crippen molar-refractivity contribution >= 4 is 103 Å². The molecule has 69 heavy (non-hydrogen) atoms. The Hall–Kier alpha value is -3.96. The molecule has 0 aliphatic heterocycles. The highest BCUT2D eigenvalue weighted by atomic mass is 127. The summed E-state index contributed by atoms with van der Waals surface area (Å²) in [6.45, 7) is 7.55. The van der Waals surface area contributed by atoms with Gasteiger partial charge in [0, 0.05) is 20.8 Å². The van der Waals surface area contributed by atoms with Crippen LogP contribution in [0.5, 0.6) is 0 Å². The van der Waals surface area contributed by atoms with Gasteiger partial charge in [-0.25, -0.2) is 27.4 Å². The Morgan fingerprint density at radius 3 is 0.754 bits per heavy atom. The standard InChI is InChI=1S/3C16H15N2O2S2.3HI/c3*1-12-17(10-13(19)15-4-2-8-21-15)6-7-18(12)11-14(20)16-5-3-9-22-16;;;/h3*2-9H,10-11H2,1H3;3*1H/q3*+1;;;/p-3. The lowest BCUT2D eigenvalue weighted by Gasteiger charge is -2.00. The fourth-order valence-electron chi connectivity index (χ4n) is 6.65. The van der Waals surface area contributed by atoms with E-state index < -0.39 is 0 Å². The Morgan fingerprint density at radius 2 is 0.565 bits per heavy atom. The summed E-state index contributed by atoms with van der Waals surface area (Å²) in [4.78, 5) is 77.5. The molecule has 0 unspecified atom stereocenters. The van der Waals surface area contributed by atoms with Crippen molar-refractivity contribution in [1.82, 2.24) is 13.7 Å². The first kappa shape index (κ1) is 57.6. The van der Waals surface area contributed by atoms with Gasteiger partial charge in [0.25, 0.3) is 17.5 Å². The van der Waals surface area contributed by atoms with Gasteiger partial charge in [0.1, 0.15) is 37.2 Å². The second kappa shape index (κ2) is 28.2. The quantitative estimate of drug-likeness (QED) is 0.0674. The highest BCUT2D eigenvalue weighted by Gasteiger charge is 2.23. The van der Waals surface area contributed by atoms with Crippen molar-refractivity contribution in [1.29, 1.82) is 0 Å². The summed E-state index contributed by atoms with van der Waals surface area (Å²) in [6, 6.07) is 22.3. The molecule has 360 valence electrons. The number of Topliss-reactive ketones (excluding diaryl/α,β-unsaturated/α-hetero) is 6. The fourth-order valence-corrected chi connectivity index (χ4v) is 10.6. The Balaban J connectivity index is 0.000000221. The normalized spacial score (nSPS) is 10.3. The lowest BCUT2D eigenvalue weighted by Crippen LogP contribution is -3.00. The van der Waals surface area contributed by atoms with Gasteiger partial charge in [-0.2, -0.15) is 0 Å². The largest absolute Gasteiger partial charge is 1.00 e. The van der Waals surface area contributed by atoms with Crippen molar-refractivity contribution in [2.45, 2.75) is 60.0 Å². The van der Waals surface area contributed by atoms with Crippen LogP contribution < -0.4 is 85.6 Å². The first-order valence-electron chi connectivity index (χ1n) is 20.5. The maximum absolute atomic E-state index is 12.2. The number of hydrogen-bond donors (Lipinski definition) is 0. The average Bonchev–Trinajstić information content (AvgIpc) is 4.16. The van der Waals surface area contributed by atoms with Crippen LogP contribution >= 0.6 is 68.0 Å². The molecular weight excluding hydrogens is 1330 g/mol. The minimum Gasteiger partial charge on any atom is -1.00 e. The molecule has 0 amide bonds. The third kappa shape index (κ3) is 15.8. The molecule has 0 saturated carbocycles. The van der Waals surface area contributed by atoms with E-state index in [4.69, 9.17) is 0 Å². The zero-order valence-electron chi connectivity index (χ0n) is 37.3. The Morgan fingerprint density at radius 1 is 0.362 bits per heavy atom. The molecular formula is C48H45I3N6O6S6. The van der Waals surface area contributed by atoms with Gasteiger partial charge in [-0.3, -0.25) is 28.8 Å². The second-order valence-corrected chi connectivity index (χ2v) is 20.4. The third-order valence-electron chi connectivity index (χ3n) is 10.4. The molecule has 12 nitrogen and oxygen atoms in total. The van der Waals surface area contributed by atoms with Crippen molar-refractivity contribution in [3.05, 3.63) is 189 Å². The van der Waals surface area contributed by atoms with E-state index in [1.54, 1.807) is 0 Å². The van der Waals surface area contributed by atoms with Crippen LogP contribution in [0.4, 0.5) is 0 Å². The number of carbonyl (C=O) groups excluding carboxylic acids is 6. The molecule has 0 N–H and O–H groups in total. The summed E-state index contributed by atoms with van der Waals surface area (Å²) in [7, 11) is 0. The number of carbonyl (C=O) groups is 6. The number of thiophene rings is 6. The van der Waals surface area contributed by atoms with Gasteiger partial charge in [-0.1, -0.05) is 36.4 Å². The highest BCUT2D eigenvalue weighted by Crippen LogP contribution is 2.15. The minimum absolute atomic E-state index is 0. The summed E-state index contributed by atoms with van der Waals surface area (Å²) in [6.07, 6.45) is 11.1. The Labute approximate surface area is 474 Å². The van der Waals surface area contributed by atoms with Gasteiger partial charge in [0.05, 0.1) is 29.3 Å². The van der Waals surface area contributed by atoms with Crippen LogP contribution in [0, 0.1) is 20.8 Å². The zero-order chi connectivity index (χ0) is 46.6. The van der Waals surface area contributed by atoms with Gasteiger partial charge in [0.15, 0.2) is 39.3 Å². The number of halogens is 3. The molecule has 0 spiro atoms. The van der Waals surface area contributed by atoms with E-state index in [0.717, 1.165) is 46.7 Å². The third-order valence-corrected chi connectivity index (χ3v) is 15.9. The number of hydrogen-bond acceptors (Lipinski definition) is 12. The van der Waals surface area contributed by atoms with Crippen molar-refractivity contribution in [2.75, 3.05) is 0 Å². The molecule has 0 aliphatic carbocycles. The van der Waals surface area contributed by atoms with Crippen LogP contribution in [-0.2, 0) is 39.3 Å². The number of ketones is 6. The van der Waals surface area contributed by atoms with Crippen LogP contribution in [0.2, 0.25) is 0 Å². The Bertz CT molecular complexity index is 2500. The fraction of sp³-hybridized carbons (Fsp3) is 0.188. The second-order valence-electron chi connectivity index (χ2n) is 14.7. The molecule has 0 radical (unpaired) electrons. The number of rotatable bonds is 18. The van der Waals surface area contributed by atoms with Crippen molar-refractivity contribution < 1.29 is 114 Å². The van der Waals surface area contributed by atoms with Gasteiger partial charge < -0.3 is 71.9 Å². The summed E-state index contributed by atoms with van der Waals surface area (Å²) < 4.78 is 11.3. The molecule has 0 aromatic carbocycles. The minimum atomic E-state index is 0. The van der Waals surface area contributed by atoms with Crippen molar-refractivity contribution in [3.63, 3.8) is 0 Å². The average molecular weight is 1380 g/mol. The van der Waals surface area contributed by atoms with Crippen LogP contribution in [0.15, 0.2) is 142 Å². The van der Waals surface area contributed by atoms with Gasteiger partial charge in [-0.05, 0) is 68.7 Å². The number of imidazole rings is 3. The van der Waals surface area contributed by atoms with E-state index in [1.807, 2.05) is 190 Å². The maximum atomic E-state index is 12.2. The van der Waals surface area contributed by atoms with Gasteiger partial charge >= 0.3 is 0 Å². The monoisotopic (exact) mass is 1370 g/mol. The molecule has 0 aliphatic rings. The van der Waals surface area contributed by atoms with E-state index >= 15 is 0 Å². The molecule has 0 bridgehead atoms. The SMILES string of the molecule is Cc1n(CC(=O)c2cccs2)cc[n+]1CC(=O)c1cccs1.Cc1n(CC(=O)c2cccs2)cc[n+]1CC(=O)c1cccs1.Cc1n(CC(=O)c2cccs2)cc[n+]1CC(=O)c1cccs1.[I-].[I-].[I-]. The van der Waals surface area contributed by atoms with E-state index in [0.29, 0.717) is 39.3 Å². The molecule has 21 heteroatoms. The van der Waals surface area contributed by atoms with Crippen LogP contribution in [-0.4, -0.2) is 48.4 Å². The molecule has 9 aromatic heterocycles. The molecule has 0 atom stereocenters. The van der Waals surface area contributed by atoms with E-state index in [1.165, 1.54) is 68.0 Å². The molecule has 0 saturated heterocycles. The molecule has 9 rings (SSSR count). The summed E-state index contributed by atoms with van der Waals surface area (Å²) in [5, 5.41) is 11.4. The zero-order valence-corrected chi connectivity index (χ0v) is 48.7. The lowest BCUT2D eigenvalue weighted by atomic mass is 10.3. The van der Waals surface area contributed by atoms with Crippen molar-refractivity contribution in [3.8, 4) is 0 Å². The number of nitrogens with zero attached hydrogens (tertiary/aromatic N) is 6. The first-order chi connectivity index (χ1) is 31.9. The van der Waals surface area contributed by atoms with E-state index in [2.05, 4.69) is 0 Å². The van der Waals surface area contributed by atoms with E-state index in [9.17, 15) is 28.8 Å². The predicted octanol–water partition coefficient (Wildman–Crippen LogP) is -0.0695. The first-order valence-corrected chi connectivity index (χ1v) is 25.8. The Kier molecular flexibility index (Phi) is 23.5. The van der Waals surface area contributed by atoms with Crippen LogP contribution in [0.25, 0.3) is 0 Å². The molecule has 9 heterocycles. The van der Waals surface area contributed by atoms with Gasteiger partial charge in [-0.15, -0.1) is 68.0 Å². The number of aromatic nitrogens is 6.